The summed E-state index contributed by atoms with van der Waals surface area (Å²) >= 11 is 0. The van der Waals surface area contributed by atoms with Gasteiger partial charge in [-0.25, -0.2) is 8.42 Å². The van der Waals surface area contributed by atoms with Gasteiger partial charge in [0.05, 0.1) is 10.6 Å². The van der Waals surface area contributed by atoms with Crippen LogP contribution in [0.25, 0.3) is 0 Å². The third kappa shape index (κ3) is 3.00. The number of para-hydroxylation sites is 1. The Morgan fingerprint density at radius 3 is 2.32 bits per heavy atom. The first-order chi connectivity index (χ1) is 9.03. The second-order valence-corrected chi connectivity index (χ2v) is 5.83. The molecule has 0 heterocycles. The van der Waals surface area contributed by atoms with Crippen molar-refractivity contribution in [2.75, 3.05) is 4.72 Å². The van der Waals surface area contributed by atoms with Crippen molar-refractivity contribution in [1.82, 2.24) is 0 Å². The Morgan fingerprint density at radius 2 is 1.68 bits per heavy atom. The molecule has 0 bridgehead atoms. The smallest absolute Gasteiger partial charge is 0.261 e. The van der Waals surface area contributed by atoms with Gasteiger partial charge in [0, 0.05) is 11.8 Å². The van der Waals surface area contributed by atoms with Crippen molar-refractivity contribution in [1.29, 1.82) is 5.41 Å². The fraction of sp³-hybridized carbons (Fsp3) is 0.0714. The molecule has 0 amide bonds. The van der Waals surface area contributed by atoms with Crippen LogP contribution in [0.4, 0.5) is 5.69 Å². The topological polar surface area (TPSA) is 70.0 Å². The van der Waals surface area contributed by atoms with Crippen molar-refractivity contribution in [3.8, 4) is 0 Å². The first-order valence-corrected chi connectivity index (χ1v) is 7.20. The minimum absolute atomic E-state index is 0.206. The average molecular weight is 274 g/mol. The predicted octanol–water partition coefficient (Wildman–Crippen LogP) is 2.79. The molecule has 98 valence electrons. The van der Waals surface area contributed by atoms with Crippen molar-refractivity contribution in [2.24, 2.45) is 0 Å². The maximum atomic E-state index is 12.2. The van der Waals surface area contributed by atoms with Crippen LogP contribution in [0.15, 0.2) is 53.4 Å². The maximum absolute atomic E-state index is 12.2. The van der Waals surface area contributed by atoms with Crippen LogP contribution in [-0.4, -0.2) is 14.6 Å². The number of aryl methyl sites for hydroxylation is 1. The van der Waals surface area contributed by atoms with Gasteiger partial charge in [0.1, 0.15) is 0 Å². The highest BCUT2D eigenvalue weighted by Crippen LogP contribution is 2.19. The molecule has 19 heavy (non-hydrogen) atoms. The SMILES string of the molecule is Cc1ccc(S(=O)(=O)Nc2ccccc2C=N)cc1. The molecule has 0 aliphatic rings. The summed E-state index contributed by atoms with van der Waals surface area (Å²) in [5, 5.41) is 7.27. The number of nitrogens with one attached hydrogen (secondary N) is 2. The van der Waals surface area contributed by atoms with E-state index >= 15 is 0 Å². The molecule has 2 rings (SSSR count). The molecular weight excluding hydrogens is 260 g/mol. The summed E-state index contributed by atoms with van der Waals surface area (Å²) in [5.74, 6) is 0. The van der Waals surface area contributed by atoms with Crippen LogP contribution in [0.2, 0.25) is 0 Å². The van der Waals surface area contributed by atoms with E-state index in [2.05, 4.69) is 4.72 Å². The number of hydrogen-bond acceptors (Lipinski definition) is 3. The second kappa shape index (κ2) is 5.24. The molecule has 0 radical (unpaired) electrons. The highest BCUT2D eigenvalue weighted by atomic mass is 32.2. The molecule has 2 aromatic carbocycles. The van der Waals surface area contributed by atoms with Gasteiger partial charge in [0.25, 0.3) is 10.0 Å². The van der Waals surface area contributed by atoms with E-state index in [1.54, 1.807) is 48.5 Å². The Bertz CT molecular complexity index is 692. The summed E-state index contributed by atoms with van der Waals surface area (Å²) in [6, 6.07) is 13.4. The molecule has 0 spiro atoms. The van der Waals surface area contributed by atoms with Gasteiger partial charge in [-0.15, -0.1) is 0 Å². The number of rotatable bonds is 4. The largest absolute Gasteiger partial charge is 0.308 e. The highest BCUT2D eigenvalue weighted by Gasteiger charge is 2.14. The highest BCUT2D eigenvalue weighted by molar-refractivity contribution is 7.92. The van der Waals surface area contributed by atoms with E-state index in [0.717, 1.165) is 11.8 Å². The molecule has 0 saturated heterocycles. The monoisotopic (exact) mass is 274 g/mol. The molecule has 0 aliphatic heterocycles. The molecule has 0 saturated carbocycles. The summed E-state index contributed by atoms with van der Waals surface area (Å²) in [7, 11) is -3.62. The van der Waals surface area contributed by atoms with Crippen LogP contribution in [0.5, 0.6) is 0 Å². The standard InChI is InChI=1S/C14H14N2O2S/c1-11-6-8-13(9-7-11)19(17,18)16-14-5-3-2-4-12(14)10-15/h2-10,15-16H,1H3. The van der Waals surface area contributed by atoms with E-state index in [1.807, 2.05) is 6.92 Å². The number of benzene rings is 2. The van der Waals surface area contributed by atoms with Gasteiger partial charge in [-0.2, -0.15) is 0 Å². The van der Waals surface area contributed by atoms with E-state index in [9.17, 15) is 8.42 Å². The molecule has 0 unspecified atom stereocenters. The first kappa shape index (κ1) is 13.3. The molecule has 2 N–H and O–H groups in total. The van der Waals surface area contributed by atoms with E-state index in [4.69, 9.17) is 5.41 Å². The molecule has 2 aromatic rings. The lowest BCUT2D eigenvalue weighted by Gasteiger charge is -2.10. The lowest BCUT2D eigenvalue weighted by atomic mass is 10.2. The van der Waals surface area contributed by atoms with Gasteiger partial charge in [-0.1, -0.05) is 35.9 Å². The Balaban J connectivity index is 2.36. The third-order valence-corrected chi connectivity index (χ3v) is 4.07. The number of hydrogen-bond donors (Lipinski definition) is 2. The van der Waals surface area contributed by atoms with Crippen molar-refractivity contribution >= 4 is 21.9 Å². The zero-order valence-corrected chi connectivity index (χ0v) is 11.2. The van der Waals surface area contributed by atoms with E-state index in [1.165, 1.54) is 0 Å². The summed E-state index contributed by atoms with van der Waals surface area (Å²) in [6.07, 6.45) is 1.12. The summed E-state index contributed by atoms with van der Waals surface area (Å²) in [6.45, 7) is 1.90. The Morgan fingerprint density at radius 1 is 1.05 bits per heavy atom. The van der Waals surface area contributed by atoms with Crippen molar-refractivity contribution in [3.05, 3.63) is 59.7 Å². The molecule has 0 fully saturated rings. The Labute approximate surface area is 112 Å². The molecule has 0 aliphatic carbocycles. The first-order valence-electron chi connectivity index (χ1n) is 5.72. The minimum atomic E-state index is -3.62. The van der Waals surface area contributed by atoms with Gasteiger partial charge in [0.2, 0.25) is 0 Å². The lowest BCUT2D eigenvalue weighted by molar-refractivity contribution is 0.601. The van der Waals surface area contributed by atoms with Gasteiger partial charge < -0.3 is 5.41 Å². The molecule has 0 aromatic heterocycles. The number of sulfonamides is 1. The van der Waals surface area contributed by atoms with Crippen LogP contribution in [0.1, 0.15) is 11.1 Å². The summed E-state index contributed by atoms with van der Waals surface area (Å²) in [4.78, 5) is 0.206. The fourth-order valence-electron chi connectivity index (χ4n) is 1.64. The third-order valence-electron chi connectivity index (χ3n) is 2.69. The van der Waals surface area contributed by atoms with Crippen molar-refractivity contribution < 1.29 is 8.42 Å². The Hall–Kier alpha value is -2.14. The molecule has 0 atom stereocenters. The van der Waals surface area contributed by atoms with E-state index in [0.29, 0.717) is 11.3 Å². The van der Waals surface area contributed by atoms with E-state index < -0.39 is 10.0 Å². The second-order valence-electron chi connectivity index (χ2n) is 4.15. The van der Waals surface area contributed by atoms with Crippen LogP contribution in [-0.2, 0) is 10.0 Å². The zero-order chi connectivity index (χ0) is 13.9. The average Bonchev–Trinajstić information content (AvgIpc) is 2.39. The molecule has 5 heteroatoms. The van der Waals surface area contributed by atoms with Gasteiger partial charge >= 0.3 is 0 Å². The van der Waals surface area contributed by atoms with Gasteiger partial charge in [-0.05, 0) is 25.1 Å². The van der Waals surface area contributed by atoms with Crippen molar-refractivity contribution in [2.45, 2.75) is 11.8 Å². The Kier molecular flexibility index (Phi) is 3.66. The molecule has 4 nitrogen and oxygen atoms in total. The lowest BCUT2D eigenvalue weighted by Crippen LogP contribution is -2.14. The summed E-state index contributed by atoms with van der Waals surface area (Å²) in [5.41, 5.74) is 1.93. The van der Waals surface area contributed by atoms with Gasteiger partial charge in [0.15, 0.2) is 0 Å². The molecular formula is C14H14N2O2S. The van der Waals surface area contributed by atoms with Gasteiger partial charge in [-0.3, -0.25) is 4.72 Å². The number of anilines is 1. The quantitative estimate of drug-likeness (QED) is 0.842. The zero-order valence-electron chi connectivity index (χ0n) is 10.4. The summed E-state index contributed by atoms with van der Waals surface area (Å²) < 4.78 is 26.9. The van der Waals surface area contributed by atoms with Crippen LogP contribution in [0, 0.1) is 12.3 Å². The van der Waals surface area contributed by atoms with E-state index in [-0.39, 0.29) is 4.90 Å². The van der Waals surface area contributed by atoms with Crippen LogP contribution < -0.4 is 4.72 Å². The minimum Gasteiger partial charge on any atom is -0.308 e. The van der Waals surface area contributed by atoms with Crippen LogP contribution >= 0.6 is 0 Å². The maximum Gasteiger partial charge on any atom is 0.261 e. The van der Waals surface area contributed by atoms with Crippen LogP contribution in [0.3, 0.4) is 0 Å². The predicted molar refractivity (Wildman–Crippen MR) is 76.3 cm³/mol. The normalized spacial score (nSPS) is 11.0. The fourth-order valence-corrected chi connectivity index (χ4v) is 2.72. The van der Waals surface area contributed by atoms with Crippen molar-refractivity contribution in [3.63, 3.8) is 0 Å².